The number of pyridine rings is 1. The van der Waals surface area contributed by atoms with Gasteiger partial charge in [-0.1, -0.05) is 6.42 Å². The van der Waals surface area contributed by atoms with Crippen molar-refractivity contribution in [2.24, 2.45) is 0 Å². The van der Waals surface area contributed by atoms with E-state index in [0.717, 1.165) is 29.3 Å². The Morgan fingerprint density at radius 3 is 2.69 bits per heavy atom. The topological polar surface area (TPSA) is 63.2 Å². The number of anilines is 1. The van der Waals surface area contributed by atoms with E-state index < -0.39 is 0 Å². The summed E-state index contributed by atoms with van der Waals surface area (Å²) >= 11 is 0. The molecule has 2 aromatic heterocycles. The quantitative estimate of drug-likeness (QED) is 0.912. The van der Waals surface area contributed by atoms with E-state index in [2.05, 4.69) is 26.3 Å². The molecule has 2 aliphatic heterocycles. The Hall–Kier alpha value is -2.05. The Kier molecular flexibility index (Phi) is 5.13. The van der Waals surface area contributed by atoms with Crippen molar-refractivity contribution in [3.05, 3.63) is 35.8 Å². The van der Waals surface area contributed by atoms with Gasteiger partial charge in [0.25, 0.3) is 0 Å². The van der Waals surface area contributed by atoms with Crippen LogP contribution in [0.2, 0.25) is 0 Å². The predicted octanol–water partition coefficient (Wildman–Crippen LogP) is 2.82. The highest BCUT2D eigenvalue weighted by Crippen LogP contribution is 2.23. The molecule has 1 N–H and O–H groups in total. The molecule has 4 heterocycles. The number of hydrogen-bond acceptors (Lipinski definition) is 6. The summed E-state index contributed by atoms with van der Waals surface area (Å²) in [7, 11) is 0. The average Bonchev–Trinajstić information content (AvgIpc) is 3.11. The largest absolute Gasteiger partial charge is 0.378 e. The van der Waals surface area contributed by atoms with Gasteiger partial charge in [-0.3, -0.25) is 9.88 Å². The number of likely N-dealkylation sites (tertiary alicyclic amines) is 1. The molecule has 0 saturated carbocycles. The van der Waals surface area contributed by atoms with Gasteiger partial charge in [0, 0.05) is 23.1 Å². The lowest BCUT2D eigenvalue weighted by Crippen LogP contribution is -2.48. The molecule has 2 atom stereocenters. The first kappa shape index (κ1) is 17.4. The number of aromatic nitrogens is 3. The maximum Gasteiger partial charge on any atom is 0.223 e. The summed E-state index contributed by atoms with van der Waals surface area (Å²) in [4.78, 5) is 16.3. The summed E-state index contributed by atoms with van der Waals surface area (Å²) in [6.07, 6.45) is 5.73. The second kappa shape index (κ2) is 7.68. The molecular weight excluding hydrogens is 326 g/mol. The maximum absolute atomic E-state index is 5.77. The van der Waals surface area contributed by atoms with Gasteiger partial charge >= 0.3 is 0 Å². The molecule has 0 bridgehead atoms. The van der Waals surface area contributed by atoms with Gasteiger partial charge in [0.15, 0.2) is 0 Å². The summed E-state index contributed by atoms with van der Waals surface area (Å²) in [6, 6.07) is 6.69. The Morgan fingerprint density at radius 1 is 1.04 bits per heavy atom. The Bertz CT molecular complexity index is 760. The molecule has 0 spiro atoms. The summed E-state index contributed by atoms with van der Waals surface area (Å²) < 4.78 is 5.77. The predicted molar refractivity (Wildman–Crippen MR) is 102 cm³/mol. The molecule has 6 heteroatoms. The van der Waals surface area contributed by atoms with Crippen LogP contribution in [0.1, 0.15) is 30.7 Å². The third kappa shape index (κ3) is 3.71. The first-order chi connectivity index (χ1) is 12.7. The van der Waals surface area contributed by atoms with Crippen LogP contribution in [0, 0.1) is 13.8 Å². The average molecular weight is 353 g/mol. The Labute approximate surface area is 155 Å². The highest BCUT2D eigenvalue weighted by atomic mass is 16.5. The molecule has 0 amide bonds. The van der Waals surface area contributed by atoms with Gasteiger partial charge < -0.3 is 10.1 Å². The molecule has 138 valence electrons. The Morgan fingerprint density at radius 2 is 1.88 bits per heavy atom. The molecule has 2 aromatic rings. The van der Waals surface area contributed by atoms with Gasteiger partial charge in [0.2, 0.25) is 5.95 Å². The minimum Gasteiger partial charge on any atom is -0.378 e. The van der Waals surface area contributed by atoms with Crippen molar-refractivity contribution < 1.29 is 4.74 Å². The molecule has 0 unspecified atom stereocenters. The minimum atomic E-state index is 0.237. The van der Waals surface area contributed by atoms with Crippen LogP contribution in [-0.2, 0) is 4.74 Å². The summed E-state index contributed by atoms with van der Waals surface area (Å²) in [5.41, 5.74) is 3.97. The molecular formula is C20H27N5O. The fraction of sp³-hybridized carbons (Fsp3) is 0.550. The van der Waals surface area contributed by atoms with E-state index in [1.165, 1.54) is 32.4 Å². The first-order valence-corrected chi connectivity index (χ1v) is 9.57. The minimum absolute atomic E-state index is 0.237. The molecule has 6 nitrogen and oxygen atoms in total. The highest BCUT2D eigenvalue weighted by molar-refractivity contribution is 5.62. The standard InChI is InChI=1S/C20H27N5O/c1-14-6-7-16(15(2)22-14)17-8-9-21-20(23-17)24-18-12-26-13-19(18)25-10-4-3-5-11-25/h6-9,18-19H,3-5,10-13H2,1-2H3,(H,21,23,24)/t18-,19-/m1/s1. The number of nitrogens with one attached hydrogen (secondary N) is 1. The smallest absolute Gasteiger partial charge is 0.223 e. The van der Waals surface area contributed by atoms with E-state index in [1.54, 1.807) is 0 Å². The van der Waals surface area contributed by atoms with Crippen LogP contribution in [0.25, 0.3) is 11.3 Å². The van der Waals surface area contributed by atoms with Crippen LogP contribution < -0.4 is 5.32 Å². The van der Waals surface area contributed by atoms with Crippen LogP contribution in [0.3, 0.4) is 0 Å². The Balaban J connectivity index is 1.51. The van der Waals surface area contributed by atoms with E-state index in [9.17, 15) is 0 Å². The number of aryl methyl sites for hydroxylation is 2. The number of ether oxygens (including phenoxy) is 1. The molecule has 2 fully saturated rings. The third-order valence-electron chi connectivity index (χ3n) is 5.38. The number of nitrogens with zero attached hydrogens (tertiary/aromatic N) is 4. The second-order valence-electron chi connectivity index (χ2n) is 7.30. The van der Waals surface area contributed by atoms with Crippen molar-refractivity contribution in [1.82, 2.24) is 19.9 Å². The maximum atomic E-state index is 5.77. The molecule has 0 aliphatic carbocycles. The van der Waals surface area contributed by atoms with Gasteiger partial charge in [-0.2, -0.15) is 0 Å². The van der Waals surface area contributed by atoms with E-state index in [0.29, 0.717) is 18.6 Å². The monoisotopic (exact) mass is 353 g/mol. The first-order valence-electron chi connectivity index (χ1n) is 9.57. The van der Waals surface area contributed by atoms with Gasteiger partial charge in [-0.25, -0.2) is 9.97 Å². The van der Waals surface area contributed by atoms with Crippen LogP contribution in [0.5, 0.6) is 0 Å². The van der Waals surface area contributed by atoms with Crippen molar-refractivity contribution in [3.63, 3.8) is 0 Å². The molecule has 2 aliphatic rings. The molecule has 2 saturated heterocycles. The van der Waals surface area contributed by atoms with Crippen molar-refractivity contribution in [2.75, 3.05) is 31.6 Å². The SMILES string of the molecule is Cc1ccc(-c2ccnc(N[C@@H]3COC[C@H]3N3CCCCC3)n2)c(C)n1. The lowest BCUT2D eigenvalue weighted by molar-refractivity contribution is 0.127. The second-order valence-corrected chi connectivity index (χ2v) is 7.30. The van der Waals surface area contributed by atoms with Crippen molar-refractivity contribution >= 4 is 5.95 Å². The summed E-state index contributed by atoms with van der Waals surface area (Å²) in [5, 5.41) is 3.52. The number of rotatable bonds is 4. The zero-order valence-corrected chi connectivity index (χ0v) is 15.6. The van der Waals surface area contributed by atoms with Gasteiger partial charge in [-0.05, 0) is 58.0 Å². The lowest BCUT2D eigenvalue weighted by atomic mass is 10.1. The number of piperidine rings is 1. The molecule has 0 radical (unpaired) electrons. The molecule has 26 heavy (non-hydrogen) atoms. The van der Waals surface area contributed by atoms with E-state index in [4.69, 9.17) is 9.72 Å². The van der Waals surface area contributed by atoms with Crippen LogP contribution in [-0.4, -0.2) is 58.2 Å². The fourth-order valence-corrected chi connectivity index (χ4v) is 3.99. The van der Waals surface area contributed by atoms with Crippen LogP contribution in [0.15, 0.2) is 24.4 Å². The van der Waals surface area contributed by atoms with Crippen molar-refractivity contribution in [2.45, 2.75) is 45.2 Å². The summed E-state index contributed by atoms with van der Waals surface area (Å²) in [5.74, 6) is 0.667. The number of hydrogen-bond donors (Lipinski definition) is 1. The normalized spacial score (nSPS) is 23.9. The molecule has 0 aromatic carbocycles. The summed E-state index contributed by atoms with van der Waals surface area (Å²) in [6.45, 7) is 7.86. The zero-order valence-electron chi connectivity index (χ0n) is 15.6. The van der Waals surface area contributed by atoms with Gasteiger partial charge in [0.05, 0.1) is 31.0 Å². The fourth-order valence-electron chi connectivity index (χ4n) is 3.99. The van der Waals surface area contributed by atoms with Crippen LogP contribution in [0.4, 0.5) is 5.95 Å². The lowest BCUT2D eigenvalue weighted by Gasteiger charge is -2.34. The van der Waals surface area contributed by atoms with Gasteiger partial charge in [-0.15, -0.1) is 0 Å². The highest BCUT2D eigenvalue weighted by Gasteiger charge is 2.34. The van der Waals surface area contributed by atoms with E-state index in [1.807, 2.05) is 32.2 Å². The van der Waals surface area contributed by atoms with Gasteiger partial charge in [0.1, 0.15) is 0 Å². The van der Waals surface area contributed by atoms with Crippen LogP contribution >= 0.6 is 0 Å². The van der Waals surface area contributed by atoms with E-state index in [-0.39, 0.29) is 6.04 Å². The van der Waals surface area contributed by atoms with Crippen molar-refractivity contribution in [1.29, 1.82) is 0 Å². The van der Waals surface area contributed by atoms with Crippen molar-refractivity contribution in [3.8, 4) is 11.3 Å². The zero-order chi connectivity index (χ0) is 17.9. The molecule has 4 rings (SSSR count). The van der Waals surface area contributed by atoms with E-state index >= 15 is 0 Å². The third-order valence-corrected chi connectivity index (χ3v) is 5.38.